The standard InChI is InChI=1S/C30H23Cl2NO6/c1-15-21-12-23-24(18-5-9-20(32)10-6-18)14-38-27(23)16(2)28(21)39-30(37)22(15)13-26(34)33-25(29(35)36)11-17-3-7-19(31)8-4-17/h3-10,12,14,25H,11,13H2,1-2H3,(H,33,34)(H,35,36)/t25-/m0/s1. The third-order valence-corrected chi connectivity index (χ3v) is 7.32. The van der Waals surface area contributed by atoms with Crippen molar-refractivity contribution in [3.8, 4) is 11.1 Å². The summed E-state index contributed by atoms with van der Waals surface area (Å²) in [6.45, 7) is 3.56. The summed E-state index contributed by atoms with van der Waals surface area (Å²) in [4.78, 5) is 37.7. The number of rotatable bonds is 7. The first-order valence-electron chi connectivity index (χ1n) is 12.1. The van der Waals surface area contributed by atoms with E-state index in [4.69, 9.17) is 32.0 Å². The Labute approximate surface area is 232 Å². The maximum Gasteiger partial charge on any atom is 0.340 e. The highest BCUT2D eigenvalue weighted by molar-refractivity contribution is 6.30. The Morgan fingerprint density at radius 2 is 1.56 bits per heavy atom. The van der Waals surface area contributed by atoms with Crippen molar-refractivity contribution in [3.05, 3.63) is 104 Å². The van der Waals surface area contributed by atoms with E-state index in [1.54, 1.807) is 49.6 Å². The van der Waals surface area contributed by atoms with Gasteiger partial charge in [-0.2, -0.15) is 0 Å². The van der Waals surface area contributed by atoms with Gasteiger partial charge in [0.25, 0.3) is 0 Å². The highest BCUT2D eigenvalue weighted by atomic mass is 35.5. The topological polar surface area (TPSA) is 110 Å². The molecule has 1 amide bonds. The van der Waals surface area contributed by atoms with Crippen molar-refractivity contribution in [2.24, 2.45) is 0 Å². The summed E-state index contributed by atoms with van der Waals surface area (Å²) in [6.07, 6.45) is 1.38. The maximum atomic E-state index is 13.0. The number of hydrogen-bond donors (Lipinski definition) is 2. The summed E-state index contributed by atoms with van der Waals surface area (Å²) in [6, 6.07) is 14.8. The van der Waals surface area contributed by atoms with Crippen LogP contribution in [-0.4, -0.2) is 23.0 Å². The summed E-state index contributed by atoms with van der Waals surface area (Å²) in [7, 11) is 0. The number of fused-ring (bicyclic) bond motifs is 2. The summed E-state index contributed by atoms with van der Waals surface area (Å²) < 4.78 is 11.5. The first-order chi connectivity index (χ1) is 18.6. The minimum absolute atomic E-state index is 0.0642. The lowest BCUT2D eigenvalue weighted by molar-refractivity contribution is -0.141. The SMILES string of the molecule is Cc1c(CC(=O)N[C@@H](Cc2ccc(Cl)cc2)C(=O)O)c(=O)oc2c(C)c3occ(-c4ccc(Cl)cc4)c3cc12. The molecule has 0 aliphatic heterocycles. The second-order valence-corrected chi connectivity index (χ2v) is 10.2. The minimum atomic E-state index is -1.19. The molecule has 3 aromatic carbocycles. The second-order valence-electron chi connectivity index (χ2n) is 9.37. The van der Waals surface area contributed by atoms with Gasteiger partial charge >= 0.3 is 11.6 Å². The molecule has 39 heavy (non-hydrogen) atoms. The number of nitrogens with one attached hydrogen (secondary N) is 1. The van der Waals surface area contributed by atoms with E-state index in [0.29, 0.717) is 43.3 Å². The van der Waals surface area contributed by atoms with Crippen LogP contribution in [0.2, 0.25) is 10.0 Å². The van der Waals surface area contributed by atoms with Gasteiger partial charge < -0.3 is 19.3 Å². The average molecular weight is 564 g/mol. The quantitative estimate of drug-likeness (QED) is 0.219. The Bertz CT molecular complexity index is 1790. The molecule has 0 bridgehead atoms. The van der Waals surface area contributed by atoms with Crippen molar-refractivity contribution >= 4 is 57.0 Å². The molecule has 0 saturated carbocycles. The fourth-order valence-corrected chi connectivity index (χ4v) is 4.97. The Morgan fingerprint density at radius 3 is 2.21 bits per heavy atom. The molecule has 0 fully saturated rings. The van der Waals surface area contributed by atoms with Gasteiger partial charge in [0.1, 0.15) is 17.2 Å². The van der Waals surface area contributed by atoms with Gasteiger partial charge in [-0.25, -0.2) is 9.59 Å². The van der Waals surface area contributed by atoms with Gasteiger partial charge in [-0.1, -0.05) is 47.5 Å². The number of hydrogen-bond acceptors (Lipinski definition) is 5. The summed E-state index contributed by atoms with van der Waals surface area (Å²) >= 11 is 12.0. The highest BCUT2D eigenvalue weighted by Crippen LogP contribution is 2.37. The number of aliphatic carboxylic acids is 1. The lowest BCUT2D eigenvalue weighted by Gasteiger charge is -2.15. The zero-order chi connectivity index (χ0) is 27.8. The molecule has 5 rings (SSSR count). The number of carboxylic acid groups (broad SMARTS) is 1. The third-order valence-electron chi connectivity index (χ3n) is 6.82. The Kier molecular flexibility index (Phi) is 7.21. The molecule has 0 aliphatic carbocycles. The van der Waals surface area contributed by atoms with E-state index >= 15 is 0 Å². The van der Waals surface area contributed by atoms with Crippen LogP contribution in [0.4, 0.5) is 0 Å². The third kappa shape index (κ3) is 5.28. The van der Waals surface area contributed by atoms with E-state index in [1.165, 1.54) is 0 Å². The smallest absolute Gasteiger partial charge is 0.340 e. The molecule has 5 aromatic rings. The monoisotopic (exact) mass is 563 g/mol. The van der Waals surface area contributed by atoms with E-state index < -0.39 is 23.5 Å². The fraction of sp³-hybridized carbons (Fsp3) is 0.167. The molecule has 1 atom stereocenters. The molecule has 0 aliphatic rings. The van der Waals surface area contributed by atoms with Crippen molar-refractivity contribution in [3.63, 3.8) is 0 Å². The van der Waals surface area contributed by atoms with Crippen molar-refractivity contribution in [1.29, 1.82) is 0 Å². The number of aryl methyl sites for hydroxylation is 2. The van der Waals surface area contributed by atoms with Crippen LogP contribution in [0.15, 0.2) is 74.5 Å². The minimum Gasteiger partial charge on any atom is -0.480 e. The van der Waals surface area contributed by atoms with Gasteiger partial charge in [0.15, 0.2) is 0 Å². The molecular formula is C30H23Cl2NO6. The average Bonchev–Trinajstić information content (AvgIpc) is 3.33. The van der Waals surface area contributed by atoms with Crippen LogP contribution < -0.4 is 10.9 Å². The van der Waals surface area contributed by atoms with Crippen LogP contribution in [0.1, 0.15) is 22.3 Å². The number of amides is 1. The van der Waals surface area contributed by atoms with Crippen molar-refractivity contribution in [2.45, 2.75) is 32.7 Å². The number of carbonyl (C=O) groups is 2. The van der Waals surface area contributed by atoms with Gasteiger partial charge in [-0.3, -0.25) is 4.79 Å². The van der Waals surface area contributed by atoms with Gasteiger partial charge in [-0.05, 0) is 60.9 Å². The first-order valence-corrected chi connectivity index (χ1v) is 12.9. The molecular weight excluding hydrogens is 541 g/mol. The normalized spacial score (nSPS) is 12.1. The van der Waals surface area contributed by atoms with Gasteiger partial charge in [-0.15, -0.1) is 0 Å². The van der Waals surface area contributed by atoms with Crippen molar-refractivity contribution in [2.75, 3.05) is 0 Å². The van der Waals surface area contributed by atoms with Crippen molar-refractivity contribution in [1.82, 2.24) is 5.32 Å². The van der Waals surface area contributed by atoms with E-state index in [0.717, 1.165) is 16.5 Å². The van der Waals surface area contributed by atoms with Crippen LogP contribution in [0, 0.1) is 13.8 Å². The zero-order valence-electron chi connectivity index (χ0n) is 21.0. The van der Waals surface area contributed by atoms with Crippen LogP contribution in [0.3, 0.4) is 0 Å². The molecule has 0 radical (unpaired) electrons. The summed E-state index contributed by atoms with van der Waals surface area (Å²) in [5, 5.41) is 14.8. The molecule has 198 valence electrons. The largest absolute Gasteiger partial charge is 0.480 e. The van der Waals surface area contributed by atoms with Crippen LogP contribution in [0.25, 0.3) is 33.1 Å². The molecule has 2 aromatic heterocycles. The first kappa shape index (κ1) is 26.5. The predicted octanol–water partition coefficient (Wildman–Crippen LogP) is 6.48. The van der Waals surface area contributed by atoms with Gasteiger partial charge in [0.2, 0.25) is 5.91 Å². The number of furan rings is 1. The molecule has 0 unspecified atom stereocenters. The Morgan fingerprint density at radius 1 is 0.923 bits per heavy atom. The number of halogens is 2. The number of carbonyl (C=O) groups excluding carboxylic acids is 1. The number of benzene rings is 3. The lowest BCUT2D eigenvalue weighted by Crippen LogP contribution is -2.43. The zero-order valence-corrected chi connectivity index (χ0v) is 22.5. The molecule has 0 saturated heterocycles. The number of carboxylic acids is 1. The van der Waals surface area contributed by atoms with Crippen molar-refractivity contribution < 1.29 is 23.5 Å². The lowest BCUT2D eigenvalue weighted by atomic mass is 9.97. The maximum absolute atomic E-state index is 13.0. The van der Waals surface area contributed by atoms with E-state index in [1.807, 2.05) is 25.1 Å². The fourth-order valence-electron chi connectivity index (χ4n) is 4.72. The van der Waals surface area contributed by atoms with Crippen LogP contribution in [0.5, 0.6) is 0 Å². The molecule has 7 nitrogen and oxygen atoms in total. The van der Waals surface area contributed by atoms with E-state index in [9.17, 15) is 19.5 Å². The molecule has 0 spiro atoms. The van der Waals surface area contributed by atoms with Crippen LogP contribution in [-0.2, 0) is 22.4 Å². The molecule has 9 heteroatoms. The van der Waals surface area contributed by atoms with Gasteiger partial charge in [0.05, 0.1) is 18.2 Å². The Balaban J connectivity index is 1.48. The summed E-state index contributed by atoms with van der Waals surface area (Å²) in [5.41, 5.74) is 4.16. The van der Waals surface area contributed by atoms with Crippen LogP contribution >= 0.6 is 23.2 Å². The Hall–Kier alpha value is -4.07. The second kappa shape index (κ2) is 10.6. The van der Waals surface area contributed by atoms with Gasteiger partial charge in [0, 0.05) is 38.4 Å². The molecule has 2 N–H and O–H groups in total. The van der Waals surface area contributed by atoms with E-state index in [2.05, 4.69) is 5.32 Å². The predicted molar refractivity (Wildman–Crippen MR) is 151 cm³/mol. The summed E-state index contributed by atoms with van der Waals surface area (Å²) in [5.74, 6) is -1.79. The van der Waals surface area contributed by atoms with E-state index in [-0.39, 0.29) is 18.4 Å². The molecule has 2 heterocycles. The highest BCUT2D eigenvalue weighted by Gasteiger charge is 2.24.